The lowest BCUT2D eigenvalue weighted by Crippen LogP contribution is -2.35. The Morgan fingerprint density at radius 1 is 1.06 bits per heavy atom. The summed E-state index contributed by atoms with van der Waals surface area (Å²) in [5, 5.41) is 3.74. The van der Waals surface area contributed by atoms with Gasteiger partial charge < -0.3 is 10.5 Å². The number of nitrogens with zero attached hydrogens (tertiary/aromatic N) is 5. The van der Waals surface area contributed by atoms with Crippen LogP contribution in [-0.4, -0.2) is 44.3 Å². The van der Waals surface area contributed by atoms with Crippen molar-refractivity contribution in [3.63, 3.8) is 0 Å². The molecule has 0 saturated carbocycles. The number of hydrogen-bond donors (Lipinski definition) is 1. The van der Waals surface area contributed by atoms with Crippen molar-refractivity contribution >= 4 is 5.82 Å². The molecule has 1 aromatic carbocycles. The van der Waals surface area contributed by atoms with E-state index in [1.807, 2.05) is 12.1 Å². The molecule has 0 aliphatic carbocycles. The van der Waals surface area contributed by atoms with Crippen LogP contribution in [-0.2, 0) is 6.54 Å². The highest BCUT2D eigenvalue weighted by Gasteiger charge is 2.24. The quantitative estimate of drug-likeness (QED) is 0.614. The van der Waals surface area contributed by atoms with Gasteiger partial charge >= 0.3 is 6.01 Å². The third-order valence-corrected chi connectivity index (χ3v) is 5.24. The molecule has 31 heavy (non-hydrogen) atoms. The van der Waals surface area contributed by atoms with E-state index in [0.717, 1.165) is 42.9 Å². The van der Waals surface area contributed by atoms with Gasteiger partial charge in [0.1, 0.15) is 17.3 Å². The molecule has 1 aliphatic rings. The maximum atomic E-state index is 14.2. The van der Waals surface area contributed by atoms with E-state index in [1.54, 1.807) is 12.1 Å². The number of piperidine rings is 1. The molecule has 0 spiro atoms. The third kappa shape index (κ3) is 5.13. The van der Waals surface area contributed by atoms with Crippen LogP contribution < -0.4 is 10.5 Å². The lowest BCUT2D eigenvalue weighted by molar-refractivity contribution is 0.128. The zero-order chi connectivity index (χ0) is 21.8. The molecule has 0 radical (unpaired) electrons. The molecule has 0 atom stereocenters. The standard InChI is InChI=1S/C21H23F3N6O/c22-16-5-1-2-6-17(16)30-21(27-20(28-30)19(23)24)31-13-14-8-10-29(11-9-14)12-15-4-3-7-18(25)26-15/h1-7,14,19H,8-13H2,(H2,25,26). The van der Waals surface area contributed by atoms with Gasteiger partial charge in [0.15, 0.2) is 0 Å². The van der Waals surface area contributed by atoms with Gasteiger partial charge in [0.2, 0.25) is 5.82 Å². The van der Waals surface area contributed by atoms with Crippen molar-refractivity contribution in [2.75, 3.05) is 25.4 Å². The predicted octanol–water partition coefficient (Wildman–Crippen LogP) is 3.61. The number of halogens is 3. The van der Waals surface area contributed by atoms with E-state index in [9.17, 15) is 13.2 Å². The van der Waals surface area contributed by atoms with Crippen LogP contribution in [0.5, 0.6) is 6.01 Å². The van der Waals surface area contributed by atoms with Gasteiger partial charge in [-0.1, -0.05) is 18.2 Å². The zero-order valence-corrected chi connectivity index (χ0v) is 16.8. The highest BCUT2D eigenvalue weighted by molar-refractivity contribution is 5.34. The van der Waals surface area contributed by atoms with E-state index in [1.165, 1.54) is 18.2 Å². The summed E-state index contributed by atoms with van der Waals surface area (Å²) in [6, 6.07) is 11.2. The minimum absolute atomic E-state index is 0.0151. The largest absolute Gasteiger partial charge is 0.463 e. The first-order valence-corrected chi connectivity index (χ1v) is 10.1. The Kier molecular flexibility index (Phi) is 6.36. The average Bonchev–Trinajstić information content (AvgIpc) is 3.18. The molecule has 4 rings (SSSR count). The highest BCUT2D eigenvalue weighted by Crippen LogP contribution is 2.25. The molecule has 1 aliphatic heterocycles. The number of alkyl halides is 2. The molecule has 1 saturated heterocycles. The van der Waals surface area contributed by atoms with E-state index in [-0.39, 0.29) is 17.6 Å². The Bertz CT molecular complexity index is 1020. The van der Waals surface area contributed by atoms with Crippen molar-refractivity contribution in [1.29, 1.82) is 0 Å². The number of rotatable bonds is 7. The van der Waals surface area contributed by atoms with Gasteiger partial charge in [-0.2, -0.15) is 9.67 Å². The van der Waals surface area contributed by atoms with Crippen molar-refractivity contribution in [2.45, 2.75) is 25.8 Å². The number of anilines is 1. The molecule has 2 aromatic heterocycles. The second-order valence-corrected chi connectivity index (χ2v) is 7.50. The number of likely N-dealkylation sites (tertiary alicyclic amines) is 1. The summed E-state index contributed by atoms with van der Waals surface area (Å²) in [5.74, 6) is -0.557. The normalized spacial score (nSPS) is 15.5. The smallest absolute Gasteiger partial charge is 0.320 e. The molecule has 1 fully saturated rings. The van der Waals surface area contributed by atoms with Crippen LogP contribution in [0.3, 0.4) is 0 Å². The third-order valence-electron chi connectivity index (χ3n) is 5.24. The van der Waals surface area contributed by atoms with E-state index >= 15 is 0 Å². The van der Waals surface area contributed by atoms with Gasteiger partial charge in [-0.05, 0) is 56.1 Å². The molecular formula is C21H23F3N6O. The molecule has 0 amide bonds. The summed E-state index contributed by atoms with van der Waals surface area (Å²) in [6.45, 7) is 2.72. The van der Waals surface area contributed by atoms with Crippen molar-refractivity contribution < 1.29 is 17.9 Å². The molecule has 3 heterocycles. The zero-order valence-electron chi connectivity index (χ0n) is 16.8. The predicted molar refractivity (Wildman–Crippen MR) is 108 cm³/mol. The molecule has 0 unspecified atom stereocenters. The second-order valence-electron chi connectivity index (χ2n) is 7.50. The second kappa shape index (κ2) is 9.34. The average molecular weight is 432 g/mol. The molecule has 2 N–H and O–H groups in total. The molecule has 10 heteroatoms. The van der Waals surface area contributed by atoms with E-state index < -0.39 is 18.1 Å². The molecule has 164 valence electrons. The Balaban J connectivity index is 1.37. The van der Waals surface area contributed by atoms with Gasteiger partial charge in [-0.25, -0.2) is 18.2 Å². The minimum Gasteiger partial charge on any atom is -0.463 e. The maximum absolute atomic E-state index is 14.2. The number of ether oxygens (including phenoxy) is 1. The maximum Gasteiger partial charge on any atom is 0.320 e. The Hall–Kier alpha value is -3.14. The lowest BCUT2D eigenvalue weighted by atomic mass is 9.98. The van der Waals surface area contributed by atoms with Crippen molar-refractivity contribution in [3.05, 3.63) is 59.8 Å². The lowest BCUT2D eigenvalue weighted by Gasteiger charge is -2.31. The van der Waals surface area contributed by atoms with Gasteiger partial charge in [0, 0.05) is 6.54 Å². The van der Waals surface area contributed by atoms with Gasteiger partial charge in [0.05, 0.1) is 12.3 Å². The summed E-state index contributed by atoms with van der Waals surface area (Å²) >= 11 is 0. The first-order chi connectivity index (χ1) is 15.0. The van der Waals surface area contributed by atoms with Gasteiger partial charge in [0.25, 0.3) is 6.43 Å². The van der Waals surface area contributed by atoms with Crippen molar-refractivity contribution in [3.8, 4) is 11.7 Å². The number of nitrogens with two attached hydrogens (primary N) is 1. The number of pyridine rings is 1. The first kappa shape index (κ1) is 21.1. The van der Waals surface area contributed by atoms with E-state index in [0.29, 0.717) is 12.4 Å². The Labute approximate surface area is 177 Å². The number of aromatic nitrogens is 4. The minimum atomic E-state index is -2.88. The highest BCUT2D eigenvalue weighted by atomic mass is 19.3. The van der Waals surface area contributed by atoms with Gasteiger partial charge in [-0.3, -0.25) is 4.90 Å². The SMILES string of the molecule is Nc1cccc(CN2CCC(COc3nc(C(F)F)nn3-c3ccccc3F)CC2)n1. The van der Waals surface area contributed by atoms with Crippen LogP contribution in [0.4, 0.5) is 19.0 Å². The fourth-order valence-corrected chi connectivity index (χ4v) is 3.60. The number of nitrogen functional groups attached to an aromatic ring is 1. The number of para-hydroxylation sites is 1. The monoisotopic (exact) mass is 432 g/mol. The van der Waals surface area contributed by atoms with Crippen LogP contribution in [0, 0.1) is 11.7 Å². The van der Waals surface area contributed by atoms with Crippen LogP contribution in [0.25, 0.3) is 5.69 Å². The summed E-state index contributed by atoms with van der Waals surface area (Å²) in [6.07, 6.45) is -1.13. The van der Waals surface area contributed by atoms with Crippen molar-refractivity contribution in [1.82, 2.24) is 24.6 Å². The fourth-order valence-electron chi connectivity index (χ4n) is 3.60. The van der Waals surface area contributed by atoms with Gasteiger partial charge in [-0.15, -0.1) is 5.10 Å². The first-order valence-electron chi connectivity index (χ1n) is 10.1. The van der Waals surface area contributed by atoms with E-state index in [4.69, 9.17) is 10.5 Å². The van der Waals surface area contributed by atoms with Crippen LogP contribution in [0.1, 0.15) is 30.8 Å². The molecule has 7 nitrogen and oxygen atoms in total. The van der Waals surface area contributed by atoms with E-state index in [2.05, 4.69) is 20.0 Å². The topological polar surface area (TPSA) is 82.1 Å². The van der Waals surface area contributed by atoms with Crippen LogP contribution in [0.2, 0.25) is 0 Å². The summed E-state index contributed by atoms with van der Waals surface area (Å²) in [5.41, 5.74) is 6.67. The summed E-state index contributed by atoms with van der Waals surface area (Å²) in [4.78, 5) is 10.4. The molecule has 0 bridgehead atoms. The Morgan fingerprint density at radius 3 is 2.55 bits per heavy atom. The summed E-state index contributed by atoms with van der Waals surface area (Å²) in [7, 11) is 0. The van der Waals surface area contributed by atoms with Crippen LogP contribution in [0.15, 0.2) is 42.5 Å². The Morgan fingerprint density at radius 2 is 1.84 bits per heavy atom. The molecular weight excluding hydrogens is 409 g/mol. The fraction of sp³-hybridized carbons (Fsp3) is 0.381. The van der Waals surface area contributed by atoms with Crippen LogP contribution >= 0.6 is 0 Å². The number of benzene rings is 1. The molecule has 3 aromatic rings. The van der Waals surface area contributed by atoms with Crippen molar-refractivity contribution in [2.24, 2.45) is 5.92 Å². The summed E-state index contributed by atoms with van der Waals surface area (Å²) < 4.78 is 47.1. The number of hydrogen-bond acceptors (Lipinski definition) is 6.